The second-order valence-electron chi connectivity index (χ2n) is 8.13. The van der Waals surface area contributed by atoms with Gasteiger partial charge in [-0.15, -0.1) is 0 Å². The van der Waals surface area contributed by atoms with Crippen LogP contribution < -0.4 is 10.6 Å². The summed E-state index contributed by atoms with van der Waals surface area (Å²) in [4.78, 5) is 16.9. The molecule has 2 aromatic rings. The highest BCUT2D eigenvalue weighted by molar-refractivity contribution is 5.82. The van der Waals surface area contributed by atoms with E-state index >= 15 is 0 Å². The van der Waals surface area contributed by atoms with Gasteiger partial charge < -0.3 is 5.32 Å². The van der Waals surface area contributed by atoms with E-state index in [2.05, 4.69) is 10.3 Å². The number of nitriles is 1. The molecule has 2 atom stereocenters. The summed E-state index contributed by atoms with van der Waals surface area (Å²) in [5.41, 5.74) is 1.54. The lowest BCUT2D eigenvalue weighted by molar-refractivity contribution is -0.293. The Morgan fingerprint density at radius 3 is 2.21 bits per heavy atom. The first-order valence-electron chi connectivity index (χ1n) is 10.2. The molecule has 1 aromatic heterocycles. The third-order valence-corrected chi connectivity index (χ3v) is 4.93. The number of aromatic nitrogens is 1. The number of amides is 1. The van der Waals surface area contributed by atoms with Gasteiger partial charge in [-0.2, -0.15) is 27.2 Å². The second kappa shape index (κ2) is 10.7. The Hall–Kier alpha value is -3.06. The number of rotatable bonds is 9. The van der Waals surface area contributed by atoms with Gasteiger partial charge in [-0.05, 0) is 36.5 Å². The van der Waals surface area contributed by atoms with Gasteiger partial charge in [0.15, 0.2) is 0 Å². The lowest BCUT2D eigenvalue weighted by Crippen LogP contribution is -2.53. The average molecular weight is 468 g/mol. The molecule has 1 amide bonds. The van der Waals surface area contributed by atoms with Crippen LogP contribution in [0.2, 0.25) is 0 Å². The zero-order valence-corrected chi connectivity index (χ0v) is 18.4. The third kappa shape index (κ3) is 6.71. The summed E-state index contributed by atoms with van der Waals surface area (Å²) in [5.74, 6) is -6.35. The Morgan fingerprint density at radius 2 is 1.73 bits per heavy atom. The number of nitrogens with zero attached hydrogens (tertiary/aromatic N) is 2. The lowest BCUT2D eigenvalue weighted by Gasteiger charge is -2.31. The molecular weight excluding hydrogens is 443 g/mol. The molecule has 178 valence electrons. The predicted molar refractivity (Wildman–Crippen MR) is 113 cm³/mol. The number of alkyl halides is 5. The molecule has 5 nitrogen and oxygen atoms in total. The fourth-order valence-electron chi connectivity index (χ4n) is 3.20. The quantitative estimate of drug-likeness (QED) is 0.404. The first-order valence-corrected chi connectivity index (χ1v) is 10.2. The number of aryl methyl sites for hydroxylation is 1. The number of nitrogens with one attached hydrogen (secondary N) is 2. The number of carbonyl (C=O) groups excluding carboxylic acids is 1. The summed E-state index contributed by atoms with van der Waals surface area (Å²) in [6, 6.07) is 6.48. The van der Waals surface area contributed by atoms with Crippen molar-refractivity contribution in [2.45, 2.75) is 51.4 Å². The summed E-state index contributed by atoms with van der Waals surface area (Å²) in [5, 5.41) is 13.2. The SMILES string of the molecule is Cc1ccc(-c2ccc([C@H](NC(=O)[C@H](CC(C)C)NCC#N)C(F)(F)C(F)(F)F)cc2)nc1. The number of halogens is 5. The van der Waals surface area contributed by atoms with Crippen molar-refractivity contribution in [2.24, 2.45) is 5.92 Å². The molecule has 0 aliphatic heterocycles. The first kappa shape index (κ1) is 26.2. The van der Waals surface area contributed by atoms with Crippen molar-refractivity contribution in [1.82, 2.24) is 15.6 Å². The van der Waals surface area contributed by atoms with Crippen LogP contribution in [-0.2, 0) is 4.79 Å². The van der Waals surface area contributed by atoms with Gasteiger partial charge in [-0.1, -0.05) is 44.2 Å². The van der Waals surface area contributed by atoms with Crippen LogP contribution in [0.25, 0.3) is 11.3 Å². The van der Waals surface area contributed by atoms with Crippen LogP contribution in [0.3, 0.4) is 0 Å². The Bertz CT molecular complexity index is 966. The summed E-state index contributed by atoms with van der Waals surface area (Å²) in [7, 11) is 0. The molecule has 10 heteroatoms. The van der Waals surface area contributed by atoms with Crippen molar-refractivity contribution >= 4 is 5.91 Å². The summed E-state index contributed by atoms with van der Waals surface area (Å²) in [6.45, 7) is 5.09. The van der Waals surface area contributed by atoms with E-state index < -0.39 is 35.7 Å². The summed E-state index contributed by atoms with van der Waals surface area (Å²) >= 11 is 0. The molecule has 0 spiro atoms. The van der Waals surface area contributed by atoms with Crippen molar-refractivity contribution < 1.29 is 26.7 Å². The van der Waals surface area contributed by atoms with Gasteiger partial charge in [0.05, 0.1) is 24.3 Å². The van der Waals surface area contributed by atoms with E-state index in [1.165, 1.54) is 12.1 Å². The maximum absolute atomic E-state index is 14.5. The van der Waals surface area contributed by atoms with Crippen LogP contribution in [0.5, 0.6) is 0 Å². The van der Waals surface area contributed by atoms with Crippen LogP contribution in [0, 0.1) is 24.2 Å². The van der Waals surface area contributed by atoms with Crippen LogP contribution >= 0.6 is 0 Å². The molecule has 0 unspecified atom stereocenters. The number of pyridine rings is 1. The van der Waals surface area contributed by atoms with Crippen molar-refractivity contribution in [3.8, 4) is 17.3 Å². The predicted octanol–water partition coefficient (Wildman–Crippen LogP) is 4.94. The van der Waals surface area contributed by atoms with Gasteiger partial charge in [0.2, 0.25) is 5.91 Å². The van der Waals surface area contributed by atoms with Crippen LogP contribution in [-0.4, -0.2) is 35.6 Å². The molecule has 0 aliphatic carbocycles. The zero-order chi connectivity index (χ0) is 24.8. The van der Waals surface area contributed by atoms with E-state index in [1.807, 2.05) is 12.2 Å². The molecule has 33 heavy (non-hydrogen) atoms. The Balaban J connectivity index is 2.39. The van der Waals surface area contributed by atoms with Gasteiger partial charge in [-0.25, -0.2) is 0 Å². The molecule has 1 aromatic carbocycles. The normalized spacial score (nSPS) is 13.9. The third-order valence-electron chi connectivity index (χ3n) is 4.93. The smallest absolute Gasteiger partial charge is 0.342 e. The summed E-state index contributed by atoms with van der Waals surface area (Å²) < 4.78 is 68.7. The van der Waals surface area contributed by atoms with Gasteiger partial charge in [0.25, 0.3) is 0 Å². The van der Waals surface area contributed by atoms with E-state index in [4.69, 9.17) is 5.26 Å². The molecular formula is C23H25F5N4O. The fraction of sp³-hybridized carbons (Fsp3) is 0.435. The molecule has 2 rings (SSSR count). The molecule has 0 saturated heterocycles. The topological polar surface area (TPSA) is 77.8 Å². The largest absolute Gasteiger partial charge is 0.455 e. The zero-order valence-electron chi connectivity index (χ0n) is 18.4. The highest BCUT2D eigenvalue weighted by Crippen LogP contribution is 2.44. The van der Waals surface area contributed by atoms with Gasteiger partial charge in [-0.3, -0.25) is 15.1 Å². The molecule has 0 fully saturated rings. The number of hydrogen-bond donors (Lipinski definition) is 2. The molecule has 0 radical (unpaired) electrons. The number of carbonyl (C=O) groups is 1. The molecule has 0 saturated carbocycles. The van der Waals surface area contributed by atoms with Gasteiger partial charge in [0.1, 0.15) is 6.04 Å². The van der Waals surface area contributed by atoms with Crippen LogP contribution in [0.15, 0.2) is 42.6 Å². The van der Waals surface area contributed by atoms with Crippen molar-refractivity contribution in [2.75, 3.05) is 6.54 Å². The van der Waals surface area contributed by atoms with E-state index in [0.29, 0.717) is 11.3 Å². The fourth-order valence-corrected chi connectivity index (χ4v) is 3.20. The van der Waals surface area contributed by atoms with Crippen molar-refractivity contribution in [1.29, 1.82) is 5.26 Å². The van der Waals surface area contributed by atoms with Crippen molar-refractivity contribution in [3.05, 3.63) is 53.7 Å². The van der Waals surface area contributed by atoms with Gasteiger partial charge >= 0.3 is 12.1 Å². The van der Waals surface area contributed by atoms with Crippen LogP contribution in [0.4, 0.5) is 22.0 Å². The Kier molecular flexibility index (Phi) is 8.50. The lowest BCUT2D eigenvalue weighted by atomic mass is 9.96. The minimum atomic E-state index is -5.89. The Morgan fingerprint density at radius 1 is 1.09 bits per heavy atom. The minimum absolute atomic E-state index is 0.0742. The monoisotopic (exact) mass is 468 g/mol. The standard InChI is InChI=1S/C23H25F5N4O/c1-14(2)12-19(30-11-10-29)21(33)32-20(22(24,25)23(26,27)28)17-7-5-16(6-8-17)18-9-4-15(3)13-31-18/h4-9,13-14,19-20,30H,11-12H2,1-3H3,(H,32,33)/t19-,20-/m0/s1. The molecule has 2 N–H and O–H groups in total. The highest BCUT2D eigenvalue weighted by Gasteiger charge is 2.63. The van der Waals surface area contributed by atoms with Gasteiger partial charge in [0, 0.05) is 11.8 Å². The Labute approximate surface area is 189 Å². The maximum Gasteiger partial charge on any atom is 0.455 e. The minimum Gasteiger partial charge on any atom is -0.342 e. The number of benzene rings is 1. The maximum atomic E-state index is 14.5. The van der Waals surface area contributed by atoms with Crippen molar-refractivity contribution in [3.63, 3.8) is 0 Å². The summed E-state index contributed by atoms with van der Waals surface area (Å²) in [6.07, 6.45) is -4.14. The van der Waals surface area contributed by atoms with E-state index in [0.717, 1.165) is 17.7 Å². The molecule has 0 aliphatic rings. The molecule has 0 bridgehead atoms. The van der Waals surface area contributed by atoms with Crippen LogP contribution in [0.1, 0.15) is 37.4 Å². The second-order valence-corrected chi connectivity index (χ2v) is 8.13. The highest BCUT2D eigenvalue weighted by atomic mass is 19.4. The number of hydrogen-bond acceptors (Lipinski definition) is 4. The van der Waals surface area contributed by atoms with E-state index in [-0.39, 0.29) is 18.9 Å². The molecule has 1 heterocycles. The van der Waals surface area contributed by atoms with E-state index in [9.17, 15) is 26.7 Å². The van der Waals surface area contributed by atoms with E-state index in [1.54, 1.807) is 38.2 Å². The first-order chi connectivity index (χ1) is 15.4. The average Bonchev–Trinajstić information content (AvgIpc) is 2.74.